The van der Waals surface area contributed by atoms with Crippen LogP contribution in [-0.4, -0.2) is 22.2 Å². The van der Waals surface area contributed by atoms with Crippen LogP contribution in [0.4, 0.5) is 0 Å². The lowest BCUT2D eigenvalue weighted by atomic mass is 9.88. The molecule has 38 heavy (non-hydrogen) atoms. The van der Waals surface area contributed by atoms with Gasteiger partial charge in [0.2, 0.25) is 0 Å². The minimum absolute atomic E-state index is 0.269. The first-order valence-corrected chi connectivity index (χ1v) is 14.0. The molecule has 4 nitrogen and oxygen atoms in total. The molecule has 188 valence electrons. The third kappa shape index (κ3) is 3.96. The van der Waals surface area contributed by atoms with Crippen LogP contribution in [-0.2, 0) is 0 Å². The van der Waals surface area contributed by atoms with Gasteiger partial charge in [-0.05, 0) is 94.0 Å². The topological polar surface area (TPSA) is 74.6 Å². The number of thiophene rings is 2. The van der Waals surface area contributed by atoms with E-state index in [1.54, 1.807) is 12.1 Å². The summed E-state index contributed by atoms with van der Waals surface area (Å²) in [5, 5.41) is 23.6. The molecule has 6 aromatic rings. The summed E-state index contributed by atoms with van der Waals surface area (Å²) in [4.78, 5) is 23.6. The van der Waals surface area contributed by atoms with E-state index in [1.807, 2.05) is 38.1 Å². The quantitative estimate of drug-likeness (QED) is 0.219. The molecule has 0 unspecified atom stereocenters. The van der Waals surface area contributed by atoms with E-state index < -0.39 is 11.9 Å². The first kappa shape index (κ1) is 24.9. The SMILES string of the molecule is Cc1ccc2c(-c3cc4sc(C(=O)O)cc4cc3Cl)c(C)ccc2c1-c1cc2sc(C(=O)O)cc2cc1Cl. The Bertz CT molecular complexity index is 1840. The Balaban J connectivity index is 1.62. The number of carboxylic acids is 2. The Labute approximate surface area is 235 Å². The molecule has 0 fully saturated rings. The Morgan fingerprint density at radius 3 is 1.39 bits per heavy atom. The second-order valence-electron chi connectivity index (χ2n) is 9.18. The Kier molecular flexibility index (Phi) is 5.96. The number of halogens is 2. The van der Waals surface area contributed by atoms with Gasteiger partial charge in [-0.1, -0.05) is 47.5 Å². The van der Waals surface area contributed by atoms with Crippen molar-refractivity contribution in [3.05, 3.63) is 91.6 Å². The van der Waals surface area contributed by atoms with Crippen molar-refractivity contribution in [3.63, 3.8) is 0 Å². The van der Waals surface area contributed by atoms with Crippen LogP contribution >= 0.6 is 45.9 Å². The number of carboxylic acid groups (broad SMARTS) is 2. The highest BCUT2D eigenvalue weighted by Crippen LogP contribution is 2.45. The molecule has 0 radical (unpaired) electrons. The number of hydrogen-bond acceptors (Lipinski definition) is 4. The van der Waals surface area contributed by atoms with Crippen LogP contribution in [0.2, 0.25) is 10.0 Å². The molecule has 0 aliphatic heterocycles. The second-order valence-corrected chi connectivity index (χ2v) is 12.2. The summed E-state index contributed by atoms with van der Waals surface area (Å²) in [7, 11) is 0. The highest BCUT2D eigenvalue weighted by atomic mass is 35.5. The Hall–Kier alpha value is -3.42. The summed E-state index contributed by atoms with van der Waals surface area (Å²) < 4.78 is 1.71. The zero-order chi connectivity index (χ0) is 26.9. The molecule has 0 amide bonds. The van der Waals surface area contributed by atoms with Crippen molar-refractivity contribution in [2.24, 2.45) is 0 Å². The van der Waals surface area contributed by atoms with Crippen LogP contribution in [0.1, 0.15) is 30.5 Å². The minimum Gasteiger partial charge on any atom is -0.477 e. The van der Waals surface area contributed by atoms with E-state index in [2.05, 4.69) is 24.3 Å². The molecule has 0 aliphatic carbocycles. The van der Waals surface area contributed by atoms with E-state index in [4.69, 9.17) is 23.2 Å². The zero-order valence-corrected chi connectivity index (χ0v) is 23.2. The number of aryl methyl sites for hydroxylation is 2. The molecule has 2 N–H and O–H groups in total. The predicted octanol–water partition coefficient (Wildman–Crippen LogP) is 9.92. The number of hydrogen-bond donors (Lipinski definition) is 2. The summed E-state index contributed by atoms with van der Waals surface area (Å²) in [6.07, 6.45) is 0. The lowest BCUT2D eigenvalue weighted by Crippen LogP contribution is -1.92. The normalized spacial score (nSPS) is 11.6. The molecule has 6 rings (SSSR count). The third-order valence-corrected chi connectivity index (χ3v) is 9.59. The number of benzene rings is 4. The number of rotatable bonds is 4. The zero-order valence-electron chi connectivity index (χ0n) is 20.1. The van der Waals surface area contributed by atoms with Crippen molar-refractivity contribution >= 4 is 88.8 Å². The highest BCUT2D eigenvalue weighted by molar-refractivity contribution is 7.21. The average molecular weight is 578 g/mol. The van der Waals surface area contributed by atoms with Crippen LogP contribution < -0.4 is 0 Å². The molecule has 0 atom stereocenters. The van der Waals surface area contributed by atoms with Gasteiger partial charge in [-0.15, -0.1) is 22.7 Å². The van der Waals surface area contributed by atoms with Crippen molar-refractivity contribution in [1.29, 1.82) is 0 Å². The van der Waals surface area contributed by atoms with Gasteiger partial charge in [0, 0.05) is 30.6 Å². The van der Waals surface area contributed by atoms with Crippen LogP contribution in [0.3, 0.4) is 0 Å². The van der Waals surface area contributed by atoms with Gasteiger partial charge in [-0.2, -0.15) is 0 Å². The lowest BCUT2D eigenvalue weighted by Gasteiger charge is -2.18. The van der Waals surface area contributed by atoms with Crippen LogP contribution in [0.5, 0.6) is 0 Å². The van der Waals surface area contributed by atoms with E-state index in [9.17, 15) is 19.8 Å². The standard InChI is InChI=1S/C30H18Cl2O4S2/c1-13-3-5-18-17(27(13)19-11-23-15(7-21(19)31)9-25(37-23)29(33)34)6-4-14(2)28(18)20-12-24-16(8-22(20)32)10-26(38-24)30(35)36/h3-12H,1-2H3,(H,33,34)(H,35,36). The lowest BCUT2D eigenvalue weighted by molar-refractivity contribution is 0.0691. The molecule has 0 saturated carbocycles. The number of aromatic carboxylic acids is 2. The fourth-order valence-corrected chi connectivity index (χ4v) is 7.43. The molecule has 8 heteroatoms. The predicted molar refractivity (Wildman–Crippen MR) is 159 cm³/mol. The first-order valence-electron chi connectivity index (χ1n) is 11.6. The largest absolute Gasteiger partial charge is 0.477 e. The second kappa shape index (κ2) is 9.10. The molecule has 0 spiro atoms. The van der Waals surface area contributed by atoms with E-state index in [1.165, 1.54) is 22.7 Å². The van der Waals surface area contributed by atoms with Gasteiger partial charge in [-0.25, -0.2) is 9.59 Å². The third-order valence-electron chi connectivity index (χ3n) is 6.79. The van der Waals surface area contributed by atoms with Crippen molar-refractivity contribution in [2.75, 3.05) is 0 Å². The molecule has 4 aromatic carbocycles. The van der Waals surface area contributed by atoms with Crippen LogP contribution in [0.25, 0.3) is 53.2 Å². The summed E-state index contributed by atoms with van der Waals surface area (Å²) in [5.41, 5.74) is 5.69. The summed E-state index contributed by atoms with van der Waals surface area (Å²) in [6.45, 7) is 4.06. The van der Waals surface area contributed by atoms with Gasteiger partial charge in [0.05, 0.1) is 0 Å². The Morgan fingerprint density at radius 1 is 0.632 bits per heavy atom. The molecule has 2 aromatic heterocycles. The molecule has 0 aliphatic rings. The van der Waals surface area contributed by atoms with Crippen molar-refractivity contribution in [2.45, 2.75) is 13.8 Å². The first-order chi connectivity index (χ1) is 18.1. The van der Waals surface area contributed by atoms with E-state index in [0.29, 0.717) is 10.0 Å². The fraction of sp³-hybridized carbons (Fsp3) is 0.0667. The molecule has 0 saturated heterocycles. The fourth-order valence-electron chi connectivity index (χ4n) is 5.05. The Morgan fingerprint density at radius 2 is 1.03 bits per heavy atom. The number of carbonyl (C=O) groups is 2. The van der Waals surface area contributed by atoms with Crippen molar-refractivity contribution in [1.82, 2.24) is 0 Å². The van der Waals surface area contributed by atoms with Gasteiger partial charge < -0.3 is 10.2 Å². The van der Waals surface area contributed by atoms with Crippen molar-refractivity contribution < 1.29 is 19.8 Å². The van der Waals surface area contributed by atoms with Crippen LogP contribution in [0, 0.1) is 13.8 Å². The highest BCUT2D eigenvalue weighted by Gasteiger charge is 2.19. The molecular weight excluding hydrogens is 559 g/mol. The maximum Gasteiger partial charge on any atom is 0.345 e. The van der Waals surface area contributed by atoms with Crippen molar-refractivity contribution in [3.8, 4) is 22.3 Å². The van der Waals surface area contributed by atoms with E-state index in [-0.39, 0.29) is 9.75 Å². The monoisotopic (exact) mass is 576 g/mol. The molecule has 0 bridgehead atoms. The van der Waals surface area contributed by atoms with E-state index >= 15 is 0 Å². The van der Waals surface area contributed by atoms with Gasteiger partial charge in [0.25, 0.3) is 0 Å². The molecule has 2 heterocycles. The van der Waals surface area contributed by atoms with Crippen LogP contribution in [0.15, 0.2) is 60.7 Å². The van der Waals surface area contributed by atoms with Gasteiger partial charge >= 0.3 is 11.9 Å². The smallest absolute Gasteiger partial charge is 0.345 e. The minimum atomic E-state index is -0.958. The maximum absolute atomic E-state index is 11.5. The maximum atomic E-state index is 11.5. The van der Waals surface area contributed by atoms with Gasteiger partial charge in [-0.3, -0.25) is 0 Å². The van der Waals surface area contributed by atoms with Gasteiger partial charge in [0.1, 0.15) is 9.75 Å². The molecular formula is C30H18Cl2O4S2. The number of fused-ring (bicyclic) bond motifs is 3. The van der Waals surface area contributed by atoms with Gasteiger partial charge in [0.15, 0.2) is 0 Å². The summed E-state index contributed by atoms with van der Waals surface area (Å²) in [6, 6.07) is 19.1. The summed E-state index contributed by atoms with van der Waals surface area (Å²) in [5.74, 6) is -1.92. The average Bonchev–Trinajstić information content (AvgIpc) is 3.47. The van der Waals surface area contributed by atoms with E-state index in [0.717, 1.165) is 64.3 Å². The summed E-state index contributed by atoms with van der Waals surface area (Å²) >= 11 is 16.0.